The Morgan fingerprint density at radius 3 is 2.88 bits per heavy atom. The highest BCUT2D eigenvalue weighted by atomic mass is 32.1. The first-order valence-corrected chi connectivity index (χ1v) is 6.56. The third-order valence-electron chi connectivity index (χ3n) is 2.54. The van der Waals surface area contributed by atoms with E-state index in [-0.39, 0.29) is 17.3 Å². The van der Waals surface area contributed by atoms with Crippen LogP contribution in [0.3, 0.4) is 0 Å². The average molecular weight is 254 g/mol. The molecule has 1 saturated carbocycles. The topological polar surface area (TPSA) is 46.3 Å². The van der Waals surface area contributed by atoms with Crippen molar-refractivity contribution < 1.29 is 4.79 Å². The largest absolute Gasteiger partial charge is 0.393 e. The Balaban J connectivity index is 1.99. The van der Waals surface area contributed by atoms with E-state index in [4.69, 9.17) is 18.0 Å². The second-order valence-corrected chi connectivity index (χ2v) is 5.53. The summed E-state index contributed by atoms with van der Waals surface area (Å²) in [5.41, 5.74) is 5.41. The number of amides is 1. The second-order valence-electron chi connectivity index (χ2n) is 3.98. The molecule has 0 spiro atoms. The molecule has 86 valence electrons. The number of nitrogens with two attached hydrogens (primary N) is 1. The lowest BCUT2D eigenvalue weighted by molar-refractivity contribution is -0.131. The molecule has 1 aliphatic carbocycles. The molecule has 0 atom stereocenters. The highest BCUT2D eigenvalue weighted by Gasteiger charge is 2.32. The van der Waals surface area contributed by atoms with Crippen molar-refractivity contribution in [3.05, 3.63) is 22.4 Å². The second kappa shape index (κ2) is 4.93. The average Bonchev–Trinajstić information content (AvgIpc) is 2.91. The van der Waals surface area contributed by atoms with Gasteiger partial charge in [-0.3, -0.25) is 4.79 Å². The van der Waals surface area contributed by atoms with Crippen LogP contribution in [0.15, 0.2) is 17.5 Å². The molecule has 5 heteroatoms. The number of carbonyl (C=O) groups excluding carboxylic acids is 1. The molecule has 16 heavy (non-hydrogen) atoms. The van der Waals surface area contributed by atoms with E-state index in [1.165, 1.54) is 4.88 Å². The molecule has 1 amide bonds. The maximum Gasteiger partial charge on any atom is 0.229 e. The Hall–Kier alpha value is -0.940. The van der Waals surface area contributed by atoms with Gasteiger partial charge in [-0.2, -0.15) is 0 Å². The summed E-state index contributed by atoms with van der Waals surface area (Å²) in [7, 11) is 0. The number of hydrogen-bond donors (Lipinski definition) is 1. The van der Waals surface area contributed by atoms with Crippen molar-refractivity contribution in [2.24, 2.45) is 5.73 Å². The van der Waals surface area contributed by atoms with Crippen LogP contribution in [0.2, 0.25) is 0 Å². The zero-order chi connectivity index (χ0) is 11.5. The van der Waals surface area contributed by atoms with Crippen molar-refractivity contribution in [1.82, 2.24) is 4.90 Å². The molecule has 2 rings (SSSR count). The molecule has 1 aromatic rings. The van der Waals surface area contributed by atoms with E-state index in [0.29, 0.717) is 12.6 Å². The van der Waals surface area contributed by atoms with Crippen LogP contribution < -0.4 is 5.73 Å². The monoisotopic (exact) mass is 254 g/mol. The quantitative estimate of drug-likeness (QED) is 0.817. The molecule has 0 bridgehead atoms. The van der Waals surface area contributed by atoms with Crippen LogP contribution in [-0.2, 0) is 11.3 Å². The van der Waals surface area contributed by atoms with Crippen LogP contribution in [0.25, 0.3) is 0 Å². The molecular formula is C11H14N2OS2. The van der Waals surface area contributed by atoms with Gasteiger partial charge in [0.15, 0.2) is 0 Å². The smallest absolute Gasteiger partial charge is 0.229 e. The van der Waals surface area contributed by atoms with E-state index < -0.39 is 0 Å². The Morgan fingerprint density at radius 2 is 2.38 bits per heavy atom. The lowest BCUT2D eigenvalue weighted by atomic mass is 10.3. The summed E-state index contributed by atoms with van der Waals surface area (Å²) >= 11 is 6.45. The standard InChI is InChI=1S/C11H14N2OS2/c12-10(15)6-11(14)13(8-3-4-8)7-9-2-1-5-16-9/h1-2,5,8H,3-4,6-7H2,(H2,12,15). The van der Waals surface area contributed by atoms with Gasteiger partial charge in [0.1, 0.15) is 0 Å². The fourth-order valence-corrected chi connectivity index (χ4v) is 2.45. The Morgan fingerprint density at radius 1 is 1.62 bits per heavy atom. The van der Waals surface area contributed by atoms with Crippen molar-refractivity contribution in [3.8, 4) is 0 Å². The lowest BCUT2D eigenvalue weighted by Crippen LogP contribution is -2.34. The van der Waals surface area contributed by atoms with Crippen LogP contribution in [0.5, 0.6) is 0 Å². The van der Waals surface area contributed by atoms with Gasteiger partial charge in [0.25, 0.3) is 0 Å². The third-order valence-corrected chi connectivity index (χ3v) is 3.55. The highest BCUT2D eigenvalue weighted by molar-refractivity contribution is 7.80. The summed E-state index contributed by atoms with van der Waals surface area (Å²) < 4.78 is 0. The molecule has 0 saturated heterocycles. The summed E-state index contributed by atoms with van der Waals surface area (Å²) in [6.07, 6.45) is 2.40. The zero-order valence-corrected chi connectivity index (χ0v) is 10.5. The van der Waals surface area contributed by atoms with Crippen LogP contribution in [0.4, 0.5) is 0 Å². The van der Waals surface area contributed by atoms with E-state index in [1.54, 1.807) is 11.3 Å². The molecule has 0 radical (unpaired) electrons. The Bertz CT molecular complexity index is 385. The first-order chi connectivity index (χ1) is 7.66. The predicted octanol–water partition coefficient (Wildman–Crippen LogP) is 1.92. The fourth-order valence-electron chi connectivity index (χ4n) is 1.63. The summed E-state index contributed by atoms with van der Waals surface area (Å²) in [5, 5.41) is 2.03. The molecule has 1 heterocycles. The van der Waals surface area contributed by atoms with Crippen molar-refractivity contribution in [2.75, 3.05) is 0 Å². The first-order valence-electron chi connectivity index (χ1n) is 5.27. The van der Waals surface area contributed by atoms with Gasteiger partial charge in [0.2, 0.25) is 5.91 Å². The van der Waals surface area contributed by atoms with Crippen LogP contribution in [-0.4, -0.2) is 21.8 Å². The minimum Gasteiger partial charge on any atom is -0.393 e. The summed E-state index contributed by atoms with van der Waals surface area (Å²) in [6.45, 7) is 0.698. The van der Waals surface area contributed by atoms with Gasteiger partial charge in [0.05, 0.1) is 18.0 Å². The first kappa shape index (κ1) is 11.5. The SMILES string of the molecule is NC(=S)CC(=O)N(Cc1cccs1)C1CC1. The minimum absolute atomic E-state index is 0.0587. The normalized spacial score (nSPS) is 14.8. The molecule has 1 aromatic heterocycles. The third kappa shape index (κ3) is 3.02. The maximum absolute atomic E-state index is 11.9. The lowest BCUT2D eigenvalue weighted by Gasteiger charge is -2.21. The molecule has 0 aliphatic heterocycles. The molecular weight excluding hydrogens is 240 g/mol. The van der Waals surface area contributed by atoms with Gasteiger partial charge in [-0.1, -0.05) is 18.3 Å². The molecule has 3 nitrogen and oxygen atoms in total. The van der Waals surface area contributed by atoms with Gasteiger partial charge < -0.3 is 10.6 Å². The van der Waals surface area contributed by atoms with Crippen molar-refractivity contribution in [2.45, 2.75) is 31.8 Å². The molecule has 0 unspecified atom stereocenters. The number of thiocarbonyl (C=S) groups is 1. The van der Waals surface area contributed by atoms with Crippen LogP contribution in [0, 0.1) is 0 Å². The molecule has 1 fully saturated rings. The fraction of sp³-hybridized carbons (Fsp3) is 0.455. The van der Waals surface area contributed by atoms with Crippen LogP contribution in [0.1, 0.15) is 24.1 Å². The van der Waals surface area contributed by atoms with Gasteiger partial charge in [-0.15, -0.1) is 11.3 Å². The summed E-state index contributed by atoms with van der Waals surface area (Å²) in [5.74, 6) is 0.0587. The van der Waals surface area contributed by atoms with Crippen molar-refractivity contribution in [3.63, 3.8) is 0 Å². The summed E-state index contributed by atoms with van der Waals surface area (Å²) in [6, 6.07) is 4.46. The number of carbonyl (C=O) groups is 1. The van der Waals surface area contributed by atoms with E-state index in [0.717, 1.165) is 12.8 Å². The number of hydrogen-bond acceptors (Lipinski definition) is 3. The molecule has 0 aromatic carbocycles. The van der Waals surface area contributed by atoms with E-state index in [9.17, 15) is 4.79 Å². The van der Waals surface area contributed by atoms with E-state index >= 15 is 0 Å². The highest BCUT2D eigenvalue weighted by Crippen LogP contribution is 2.29. The predicted molar refractivity (Wildman–Crippen MR) is 69.3 cm³/mol. The maximum atomic E-state index is 11.9. The molecule has 1 aliphatic rings. The minimum atomic E-state index is 0.0587. The van der Waals surface area contributed by atoms with Gasteiger partial charge in [-0.25, -0.2) is 0 Å². The Labute approximate surface area is 104 Å². The van der Waals surface area contributed by atoms with Gasteiger partial charge in [0, 0.05) is 10.9 Å². The van der Waals surface area contributed by atoms with E-state index in [1.807, 2.05) is 22.4 Å². The van der Waals surface area contributed by atoms with Crippen molar-refractivity contribution in [1.29, 1.82) is 0 Å². The number of thiophene rings is 1. The zero-order valence-electron chi connectivity index (χ0n) is 8.89. The van der Waals surface area contributed by atoms with Crippen LogP contribution >= 0.6 is 23.6 Å². The Kier molecular flexibility index (Phi) is 3.56. The number of rotatable bonds is 5. The van der Waals surface area contributed by atoms with Gasteiger partial charge in [-0.05, 0) is 24.3 Å². The van der Waals surface area contributed by atoms with Crippen molar-refractivity contribution >= 4 is 34.5 Å². The van der Waals surface area contributed by atoms with Gasteiger partial charge >= 0.3 is 0 Å². The molecule has 2 N–H and O–H groups in total. The number of nitrogens with zero attached hydrogens (tertiary/aromatic N) is 1. The van der Waals surface area contributed by atoms with E-state index in [2.05, 4.69) is 0 Å². The summed E-state index contributed by atoms with van der Waals surface area (Å²) in [4.78, 5) is 15.3.